The second-order valence-electron chi connectivity index (χ2n) is 7.82. The minimum atomic E-state index is -0.0774. The molecule has 1 unspecified atom stereocenters. The summed E-state index contributed by atoms with van der Waals surface area (Å²) >= 11 is 1.68. The Bertz CT molecular complexity index is 1030. The van der Waals surface area contributed by atoms with Crippen molar-refractivity contribution < 1.29 is 9.32 Å². The number of nitrogens with zero attached hydrogens (tertiary/aromatic N) is 4. The highest BCUT2D eigenvalue weighted by molar-refractivity contribution is 7.10. The zero-order valence-corrected chi connectivity index (χ0v) is 18.4. The van der Waals surface area contributed by atoms with Crippen molar-refractivity contribution in [2.75, 3.05) is 6.54 Å². The van der Waals surface area contributed by atoms with Crippen LogP contribution >= 0.6 is 11.3 Å². The molecule has 0 radical (unpaired) electrons. The first kappa shape index (κ1) is 19.8. The normalized spacial score (nSPS) is 15.3. The SMILES string of the molecule is Cc1noc(C)c1CN1CCc2c(C(=O)NC(C)c3cnn(C)c3C)csc2C1. The molecule has 0 bridgehead atoms. The summed E-state index contributed by atoms with van der Waals surface area (Å²) in [6, 6.07) is -0.0774. The van der Waals surface area contributed by atoms with Gasteiger partial charge in [0.15, 0.2) is 0 Å². The summed E-state index contributed by atoms with van der Waals surface area (Å²) in [6.45, 7) is 10.6. The van der Waals surface area contributed by atoms with Gasteiger partial charge in [0, 0.05) is 53.8 Å². The number of thiophene rings is 1. The summed E-state index contributed by atoms with van der Waals surface area (Å²) in [5, 5.41) is 13.5. The zero-order valence-electron chi connectivity index (χ0n) is 17.6. The Balaban J connectivity index is 1.45. The number of aryl methyl sites for hydroxylation is 3. The van der Waals surface area contributed by atoms with E-state index in [0.29, 0.717) is 0 Å². The van der Waals surface area contributed by atoms with Gasteiger partial charge in [-0.15, -0.1) is 11.3 Å². The lowest BCUT2D eigenvalue weighted by molar-refractivity contribution is 0.0938. The number of nitrogens with one attached hydrogen (secondary N) is 1. The number of fused-ring (bicyclic) bond motifs is 1. The maximum Gasteiger partial charge on any atom is 0.252 e. The first-order valence-electron chi connectivity index (χ1n) is 9.87. The Morgan fingerprint density at radius 3 is 2.83 bits per heavy atom. The quantitative estimate of drug-likeness (QED) is 0.693. The molecular formula is C21H27N5O2S. The molecule has 3 aromatic heterocycles. The van der Waals surface area contributed by atoms with Crippen LogP contribution in [0.4, 0.5) is 0 Å². The Morgan fingerprint density at radius 2 is 2.17 bits per heavy atom. The van der Waals surface area contributed by atoms with Gasteiger partial charge in [0.1, 0.15) is 5.76 Å². The lowest BCUT2D eigenvalue weighted by atomic mass is 10.0. The van der Waals surface area contributed by atoms with E-state index in [0.717, 1.165) is 54.3 Å². The Kier molecular flexibility index (Phi) is 5.31. The van der Waals surface area contributed by atoms with Gasteiger partial charge in [-0.1, -0.05) is 5.16 Å². The highest BCUT2D eigenvalue weighted by Crippen LogP contribution is 2.30. The van der Waals surface area contributed by atoms with Crippen molar-refractivity contribution in [1.29, 1.82) is 0 Å². The summed E-state index contributed by atoms with van der Waals surface area (Å²) in [5.74, 6) is 0.886. The van der Waals surface area contributed by atoms with Gasteiger partial charge >= 0.3 is 0 Å². The molecule has 0 spiro atoms. The van der Waals surface area contributed by atoms with Crippen LogP contribution in [0.15, 0.2) is 16.1 Å². The highest BCUT2D eigenvalue weighted by atomic mass is 32.1. The van der Waals surface area contributed by atoms with E-state index in [1.165, 1.54) is 16.0 Å². The number of amides is 1. The molecular weight excluding hydrogens is 386 g/mol. The molecule has 0 aromatic carbocycles. The molecule has 29 heavy (non-hydrogen) atoms. The first-order chi connectivity index (χ1) is 13.8. The number of hydrogen-bond acceptors (Lipinski definition) is 6. The number of hydrogen-bond donors (Lipinski definition) is 1. The van der Waals surface area contributed by atoms with Gasteiger partial charge in [-0.3, -0.25) is 14.4 Å². The second-order valence-corrected chi connectivity index (χ2v) is 8.78. The molecule has 1 aliphatic heterocycles. The minimum absolute atomic E-state index is 0.00238. The zero-order chi connectivity index (χ0) is 20.7. The fourth-order valence-corrected chi connectivity index (χ4v) is 5.07. The number of rotatable bonds is 5. The third-order valence-corrected chi connectivity index (χ3v) is 6.93. The van der Waals surface area contributed by atoms with Crippen LogP contribution < -0.4 is 5.32 Å². The van der Waals surface area contributed by atoms with Crippen LogP contribution in [0, 0.1) is 20.8 Å². The van der Waals surface area contributed by atoms with Crippen LogP contribution in [0.3, 0.4) is 0 Å². The van der Waals surface area contributed by atoms with Gasteiger partial charge in [-0.05, 0) is 39.7 Å². The van der Waals surface area contributed by atoms with E-state index in [4.69, 9.17) is 4.52 Å². The first-order valence-corrected chi connectivity index (χ1v) is 10.8. The van der Waals surface area contributed by atoms with Crippen LogP contribution in [-0.4, -0.2) is 32.3 Å². The van der Waals surface area contributed by atoms with E-state index in [1.54, 1.807) is 11.3 Å². The van der Waals surface area contributed by atoms with Crippen molar-refractivity contribution in [3.8, 4) is 0 Å². The molecule has 1 atom stereocenters. The van der Waals surface area contributed by atoms with Gasteiger partial charge < -0.3 is 9.84 Å². The molecule has 154 valence electrons. The summed E-state index contributed by atoms with van der Waals surface area (Å²) in [7, 11) is 1.91. The van der Waals surface area contributed by atoms with Crippen molar-refractivity contribution in [2.24, 2.45) is 7.05 Å². The molecule has 0 saturated carbocycles. The van der Waals surface area contributed by atoms with Crippen LogP contribution in [0.25, 0.3) is 0 Å². The maximum atomic E-state index is 12.9. The highest BCUT2D eigenvalue weighted by Gasteiger charge is 2.26. The van der Waals surface area contributed by atoms with Crippen LogP contribution in [0.2, 0.25) is 0 Å². The summed E-state index contributed by atoms with van der Waals surface area (Å²) < 4.78 is 7.12. The molecule has 0 fully saturated rings. The van der Waals surface area contributed by atoms with Crippen molar-refractivity contribution in [1.82, 2.24) is 25.2 Å². The van der Waals surface area contributed by atoms with Gasteiger partial charge in [-0.25, -0.2) is 0 Å². The smallest absolute Gasteiger partial charge is 0.252 e. The average molecular weight is 414 g/mol. The molecule has 0 aliphatic carbocycles. The summed E-state index contributed by atoms with van der Waals surface area (Å²) in [6.07, 6.45) is 2.71. The van der Waals surface area contributed by atoms with Gasteiger partial charge in [0.25, 0.3) is 5.91 Å². The Morgan fingerprint density at radius 1 is 1.38 bits per heavy atom. The minimum Gasteiger partial charge on any atom is -0.361 e. The van der Waals surface area contributed by atoms with E-state index in [2.05, 4.69) is 20.5 Å². The molecule has 7 nitrogen and oxygen atoms in total. The lowest BCUT2D eigenvalue weighted by Gasteiger charge is -2.27. The third kappa shape index (κ3) is 3.74. The summed E-state index contributed by atoms with van der Waals surface area (Å²) in [4.78, 5) is 16.6. The van der Waals surface area contributed by atoms with Gasteiger partial charge in [0.2, 0.25) is 0 Å². The average Bonchev–Trinajstić information content (AvgIpc) is 3.35. The van der Waals surface area contributed by atoms with Gasteiger partial charge in [-0.2, -0.15) is 5.10 Å². The van der Waals surface area contributed by atoms with Crippen LogP contribution in [-0.2, 0) is 26.6 Å². The maximum absolute atomic E-state index is 12.9. The molecule has 8 heteroatoms. The fourth-order valence-electron chi connectivity index (χ4n) is 3.95. The van der Waals surface area contributed by atoms with Crippen molar-refractivity contribution in [3.63, 3.8) is 0 Å². The predicted molar refractivity (Wildman–Crippen MR) is 112 cm³/mol. The molecule has 1 amide bonds. The van der Waals surface area contributed by atoms with Crippen molar-refractivity contribution in [2.45, 2.75) is 53.2 Å². The van der Waals surface area contributed by atoms with E-state index in [9.17, 15) is 4.79 Å². The van der Waals surface area contributed by atoms with Gasteiger partial charge in [0.05, 0.1) is 23.5 Å². The molecule has 1 N–H and O–H groups in total. The Labute approximate surface area is 174 Å². The molecule has 1 aliphatic rings. The monoisotopic (exact) mass is 413 g/mol. The molecule has 0 saturated heterocycles. The van der Waals surface area contributed by atoms with Crippen molar-refractivity contribution in [3.05, 3.63) is 55.9 Å². The van der Waals surface area contributed by atoms with E-state index < -0.39 is 0 Å². The summed E-state index contributed by atoms with van der Waals surface area (Å²) in [5.41, 5.74) is 6.26. The fraction of sp³-hybridized carbons (Fsp3) is 0.476. The van der Waals surface area contributed by atoms with Crippen LogP contribution in [0.1, 0.15) is 62.0 Å². The van der Waals surface area contributed by atoms with Crippen LogP contribution in [0.5, 0.6) is 0 Å². The lowest BCUT2D eigenvalue weighted by Crippen LogP contribution is -2.32. The van der Waals surface area contributed by atoms with E-state index >= 15 is 0 Å². The van der Waals surface area contributed by atoms with Crippen molar-refractivity contribution >= 4 is 17.2 Å². The van der Waals surface area contributed by atoms with E-state index in [1.807, 2.05) is 51.0 Å². The predicted octanol–water partition coefficient (Wildman–Crippen LogP) is 3.44. The number of carbonyl (C=O) groups excluding carboxylic acids is 1. The molecule has 3 aromatic rings. The number of carbonyl (C=O) groups is 1. The molecule has 4 rings (SSSR count). The largest absolute Gasteiger partial charge is 0.361 e. The second kappa shape index (κ2) is 7.76. The molecule has 4 heterocycles. The number of aromatic nitrogens is 3. The topological polar surface area (TPSA) is 76.2 Å². The Hall–Kier alpha value is -2.45. The van der Waals surface area contributed by atoms with E-state index in [-0.39, 0.29) is 11.9 Å². The standard InChI is InChI=1S/C21H27N5O2S/c1-12(17-8-22-25(5)14(17)3)23-21(27)19-11-29-20-10-26(7-6-16(19)20)9-18-13(2)24-28-15(18)4/h8,11-12H,6-7,9-10H2,1-5H3,(H,23,27). The third-order valence-electron chi connectivity index (χ3n) is 5.92.